The van der Waals surface area contributed by atoms with Crippen molar-refractivity contribution in [2.45, 2.75) is 38.3 Å². The topological polar surface area (TPSA) is 58.6 Å². The van der Waals surface area contributed by atoms with Crippen LogP contribution in [0.5, 0.6) is 0 Å². The van der Waals surface area contributed by atoms with Gasteiger partial charge in [-0.2, -0.15) is 0 Å². The Hall–Kier alpha value is -2.82. The van der Waals surface area contributed by atoms with Crippen molar-refractivity contribution >= 4 is 17.6 Å². The molecule has 1 amide bonds. The fraction of sp³-hybridized carbons (Fsp3) is 0.364. The van der Waals surface area contributed by atoms with E-state index in [1.807, 2.05) is 43.3 Å². The van der Waals surface area contributed by atoms with E-state index in [1.54, 1.807) is 19.1 Å². The monoisotopic (exact) mass is 366 g/mol. The van der Waals surface area contributed by atoms with Gasteiger partial charge in [0.1, 0.15) is 0 Å². The number of nitrogens with one attached hydrogen (secondary N) is 1. The summed E-state index contributed by atoms with van der Waals surface area (Å²) in [5.41, 5.74) is 3.87. The van der Waals surface area contributed by atoms with Crippen LogP contribution in [0.25, 0.3) is 0 Å². The molecule has 0 radical (unpaired) electrons. The average molecular weight is 366 g/mol. The molecule has 2 aromatic carbocycles. The van der Waals surface area contributed by atoms with Crippen LogP contribution in [0.2, 0.25) is 0 Å². The molecule has 0 bridgehead atoms. The van der Waals surface area contributed by atoms with Crippen LogP contribution in [-0.4, -0.2) is 32.1 Å². The highest BCUT2D eigenvalue weighted by molar-refractivity contribution is 5.92. The first kappa shape index (κ1) is 19.0. The van der Waals surface area contributed by atoms with Crippen LogP contribution in [0.3, 0.4) is 0 Å². The summed E-state index contributed by atoms with van der Waals surface area (Å²) in [6.07, 6.45) is 2.12. The van der Waals surface area contributed by atoms with Crippen molar-refractivity contribution in [2.24, 2.45) is 0 Å². The Bertz CT molecular complexity index is 815. The van der Waals surface area contributed by atoms with Crippen molar-refractivity contribution in [3.63, 3.8) is 0 Å². The summed E-state index contributed by atoms with van der Waals surface area (Å²) in [5.74, 6) is -0.762. The molecule has 0 aromatic heterocycles. The number of benzene rings is 2. The maximum atomic E-state index is 12.5. The molecule has 1 aliphatic carbocycles. The predicted octanol–water partition coefficient (Wildman–Crippen LogP) is 3.49. The Labute approximate surface area is 160 Å². The van der Waals surface area contributed by atoms with Gasteiger partial charge in [0.15, 0.2) is 6.10 Å². The van der Waals surface area contributed by atoms with Crippen molar-refractivity contribution in [1.29, 1.82) is 0 Å². The van der Waals surface area contributed by atoms with Gasteiger partial charge in [-0.05, 0) is 61.6 Å². The second-order valence-electron chi connectivity index (χ2n) is 7.14. The summed E-state index contributed by atoms with van der Waals surface area (Å²) >= 11 is 0. The third kappa shape index (κ3) is 4.48. The van der Waals surface area contributed by atoms with Crippen LogP contribution in [0.4, 0.5) is 5.69 Å². The normalized spacial score (nSPS) is 16.8. The maximum absolute atomic E-state index is 12.5. The summed E-state index contributed by atoms with van der Waals surface area (Å²) in [4.78, 5) is 26.8. The van der Waals surface area contributed by atoms with E-state index in [0.29, 0.717) is 5.56 Å². The zero-order chi connectivity index (χ0) is 19.4. The first-order valence-corrected chi connectivity index (χ1v) is 9.32. The molecule has 2 atom stereocenters. The van der Waals surface area contributed by atoms with Crippen LogP contribution in [0, 0.1) is 0 Å². The summed E-state index contributed by atoms with van der Waals surface area (Å²) in [6.45, 7) is 1.61. The van der Waals surface area contributed by atoms with Gasteiger partial charge < -0.3 is 15.0 Å². The molecule has 1 N–H and O–H groups in total. The Kier molecular flexibility index (Phi) is 5.79. The first-order chi connectivity index (χ1) is 13.0. The molecule has 2 aromatic rings. The van der Waals surface area contributed by atoms with E-state index in [9.17, 15) is 9.59 Å². The highest BCUT2D eigenvalue weighted by Gasteiger charge is 2.25. The third-order valence-electron chi connectivity index (χ3n) is 4.96. The van der Waals surface area contributed by atoms with E-state index < -0.39 is 12.1 Å². The van der Waals surface area contributed by atoms with E-state index in [0.717, 1.165) is 30.5 Å². The molecule has 0 spiro atoms. The number of amides is 1. The van der Waals surface area contributed by atoms with Gasteiger partial charge in [-0.3, -0.25) is 4.79 Å². The van der Waals surface area contributed by atoms with Crippen LogP contribution < -0.4 is 10.2 Å². The largest absolute Gasteiger partial charge is 0.449 e. The van der Waals surface area contributed by atoms with Crippen LogP contribution in [-0.2, 0) is 16.0 Å². The Morgan fingerprint density at radius 3 is 2.52 bits per heavy atom. The van der Waals surface area contributed by atoms with Crippen LogP contribution in [0.15, 0.2) is 48.5 Å². The predicted molar refractivity (Wildman–Crippen MR) is 106 cm³/mol. The van der Waals surface area contributed by atoms with Crippen molar-refractivity contribution in [2.75, 3.05) is 19.0 Å². The second kappa shape index (κ2) is 8.25. The Morgan fingerprint density at radius 1 is 1.11 bits per heavy atom. The number of rotatable bonds is 5. The molecule has 0 unspecified atom stereocenters. The quantitative estimate of drug-likeness (QED) is 0.823. The van der Waals surface area contributed by atoms with Gasteiger partial charge >= 0.3 is 5.97 Å². The van der Waals surface area contributed by atoms with Gasteiger partial charge in [0, 0.05) is 19.8 Å². The fourth-order valence-corrected chi connectivity index (χ4v) is 3.37. The number of fused-ring (bicyclic) bond motifs is 1. The van der Waals surface area contributed by atoms with E-state index in [-0.39, 0.29) is 11.9 Å². The molecule has 142 valence electrons. The number of nitrogens with zero attached hydrogens (tertiary/aromatic N) is 1. The lowest BCUT2D eigenvalue weighted by Gasteiger charge is -2.27. The summed E-state index contributed by atoms with van der Waals surface area (Å²) in [6, 6.07) is 15.3. The molecule has 1 aliphatic rings. The highest BCUT2D eigenvalue weighted by Crippen LogP contribution is 2.29. The van der Waals surface area contributed by atoms with Gasteiger partial charge in [0.05, 0.1) is 11.6 Å². The minimum atomic E-state index is -0.847. The maximum Gasteiger partial charge on any atom is 0.338 e. The second-order valence-corrected chi connectivity index (χ2v) is 7.14. The smallest absolute Gasteiger partial charge is 0.338 e. The Balaban J connectivity index is 1.60. The lowest BCUT2D eigenvalue weighted by molar-refractivity contribution is -0.130. The molecule has 27 heavy (non-hydrogen) atoms. The SMILES string of the molecule is C[C@@H](OC(=O)c1ccc(N(C)C)cc1)C(=O)N[C@@H]1CCCc2ccccc21. The van der Waals surface area contributed by atoms with Gasteiger partial charge in [-0.15, -0.1) is 0 Å². The number of esters is 1. The van der Waals surface area contributed by atoms with Crippen molar-refractivity contribution in [1.82, 2.24) is 5.32 Å². The van der Waals surface area contributed by atoms with Crippen molar-refractivity contribution in [3.05, 3.63) is 65.2 Å². The third-order valence-corrected chi connectivity index (χ3v) is 4.96. The molecule has 0 heterocycles. The fourth-order valence-electron chi connectivity index (χ4n) is 3.37. The van der Waals surface area contributed by atoms with Crippen LogP contribution >= 0.6 is 0 Å². The molecule has 0 fully saturated rings. The molecule has 0 saturated carbocycles. The number of carbonyl (C=O) groups is 2. The molecule has 3 rings (SSSR count). The zero-order valence-corrected chi connectivity index (χ0v) is 16.1. The van der Waals surface area contributed by atoms with E-state index in [2.05, 4.69) is 17.4 Å². The number of aryl methyl sites for hydroxylation is 1. The van der Waals surface area contributed by atoms with E-state index >= 15 is 0 Å². The van der Waals surface area contributed by atoms with Gasteiger partial charge in [-0.1, -0.05) is 24.3 Å². The van der Waals surface area contributed by atoms with E-state index in [1.165, 1.54) is 5.56 Å². The number of hydrogen-bond donors (Lipinski definition) is 1. The Morgan fingerprint density at radius 2 is 1.81 bits per heavy atom. The van der Waals surface area contributed by atoms with Gasteiger partial charge in [-0.25, -0.2) is 4.79 Å². The van der Waals surface area contributed by atoms with E-state index in [4.69, 9.17) is 4.74 Å². The first-order valence-electron chi connectivity index (χ1n) is 9.32. The van der Waals surface area contributed by atoms with Crippen molar-refractivity contribution < 1.29 is 14.3 Å². The minimum absolute atomic E-state index is 0.0250. The van der Waals surface area contributed by atoms with Gasteiger partial charge in [0.2, 0.25) is 0 Å². The molecule has 5 heteroatoms. The lowest BCUT2D eigenvalue weighted by atomic mass is 9.87. The van der Waals surface area contributed by atoms with Gasteiger partial charge in [0.25, 0.3) is 5.91 Å². The van der Waals surface area contributed by atoms with Crippen LogP contribution in [0.1, 0.15) is 47.3 Å². The molecule has 0 aliphatic heterocycles. The molecular weight excluding hydrogens is 340 g/mol. The standard InChI is InChI=1S/C22H26N2O3/c1-15(27-22(26)17-11-13-18(14-12-17)24(2)3)21(25)23-20-10-6-8-16-7-4-5-9-19(16)20/h4-5,7,9,11-15,20H,6,8,10H2,1-3H3,(H,23,25)/t15-,20-/m1/s1. The molecule has 5 nitrogen and oxygen atoms in total. The molecule has 0 saturated heterocycles. The minimum Gasteiger partial charge on any atom is -0.449 e. The number of anilines is 1. The lowest BCUT2D eigenvalue weighted by Crippen LogP contribution is -2.39. The number of ether oxygens (including phenoxy) is 1. The summed E-state index contributed by atoms with van der Waals surface area (Å²) in [5, 5.41) is 3.03. The van der Waals surface area contributed by atoms with Crippen molar-refractivity contribution in [3.8, 4) is 0 Å². The number of hydrogen-bond acceptors (Lipinski definition) is 4. The summed E-state index contributed by atoms with van der Waals surface area (Å²) in [7, 11) is 3.87. The highest BCUT2D eigenvalue weighted by atomic mass is 16.5. The number of carbonyl (C=O) groups excluding carboxylic acids is 2. The molecular formula is C22H26N2O3. The summed E-state index contributed by atoms with van der Waals surface area (Å²) < 4.78 is 5.36. The zero-order valence-electron chi connectivity index (χ0n) is 16.1. The average Bonchev–Trinajstić information content (AvgIpc) is 2.68.